The molecule has 5 heteroatoms. The average molecular weight is 243 g/mol. The quantitative estimate of drug-likeness (QED) is 0.662. The molecule has 1 N–H and O–H groups in total. The molecule has 0 saturated heterocycles. The SMILES string of the molecule is Cc1cccc([N+](=O)[O-])c1NCc1cccnc1. The van der Waals surface area contributed by atoms with Gasteiger partial charge in [-0.3, -0.25) is 15.1 Å². The van der Waals surface area contributed by atoms with Crippen LogP contribution < -0.4 is 5.32 Å². The van der Waals surface area contributed by atoms with Crippen LogP contribution in [0, 0.1) is 17.0 Å². The largest absolute Gasteiger partial charge is 0.375 e. The normalized spacial score (nSPS) is 10.1. The van der Waals surface area contributed by atoms with Gasteiger partial charge in [0.2, 0.25) is 0 Å². The number of nitro groups is 1. The Bertz CT molecular complexity index is 555. The maximum absolute atomic E-state index is 10.9. The number of para-hydroxylation sites is 1. The summed E-state index contributed by atoms with van der Waals surface area (Å²) < 4.78 is 0. The zero-order chi connectivity index (χ0) is 13.0. The van der Waals surface area contributed by atoms with Crippen LogP contribution in [0.2, 0.25) is 0 Å². The number of nitrogens with one attached hydrogen (secondary N) is 1. The topological polar surface area (TPSA) is 68.1 Å². The van der Waals surface area contributed by atoms with Gasteiger partial charge in [-0.1, -0.05) is 18.2 Å². The van der Waals surface area contributed by atoms with Crippen molar-refractivity contribution in [1.82, 2.24) is 4.98 Å². The van der Waals surface area contributed by atoms with Gasteiger partial charge in [0.1, 0.15) is 5.69 Å². The Labute approximate surface area is 105 Å². The van der Waals surface area contributed by atoms with E-state index in [1.807, 2.05) is 25.1 Å². The van der Waals surface area contributed by atoms with Gasteiger partial charge in [-0.2, -0.15) is 0 Å². The lowest BCUT2D eigenvalue weighted by molar-refractivity contribution is -0.384. The number of benzene rings is 1. The summed E-state index contributed by atoms with van der Waals surface area (Å²) in [6.07, 6.45) is 3.43. The lowest BCUT2D eigenvalue weighted by Gasteiger charge is -2.09. The zero-order valence-electron chi connectivity index (χ0n) is 9.96. The molecule has 0 aliphatic heterocycles. The van der Waals surface area contributed by atoms with Gasteiger partial charge in [-0.25, -0.2) is 0 Å². The predicted octanol–water partition coefficient (Wildman–Crippen LogP) is 2.91. The second-order valence-corrected chi connectivity index (χ2v) is 3.94. The average Bonchev–Trinajstić information content (AvgIpc) is 2.38. The Kier molecular flexibility index (Phi) is 3.52. The smallest absolute Gasteiger partial charge is 0.292 e. The van der Waals surface area contributed by atoms with E-state index >= 15 is 0 Å². The van der Waals surface area contributed by atoms with E-state index < -0.39 is 0 Å². The Morgan fingerprint density at radius 3 is 2.83 bits per heavy atom. The molecule has 1 heterocycles. The van der Waals surface area contributed by atoms with Gasteiger partial charge in [0.05, 0.1) is 4.92 Å². The number of pyridine rings is 1. The molecule has 0 atom stereocenters. The van der Waals surface area contributed by atoms with Crippen LogP contribution >= 0.6 is 0 Å². The summed E-state index contributed by atoms with van der Waals surface area (Å²) in [7, 11) is 0. The first-order valence-corrected chi connectivity index (χ1v) is 5.55. The summed E-state index contributed by atoms with van der Waals surface area (Å²) in [5.41, 5.74) is 2.49. The van der Waals surface area contributed by atoms with Gasteiger partial charge in [0, 0.05) is 25.0 Å². The first-order chi connectivity index (χ1) is 8.68. The van der Waals surface area contributed by atoms with Crippen molar-refractivity contribution in [1.29, 1.82) is 0 Å². The molecule has 2 aromatic rings. The van der Waals surface area contributed by atoms with Crippen LogP contribution in [-0.2, 0) is 6.54 Å². The van der Waals surface area contributed by atoms with Gasteiger partial charge < -0.3 is 5.32 Å². The molecule has 0 spiro atoms. The number of anilines is 1. The number of aromatic nitrogens is 1. The fraction of sp³-hybridized carbons (Fsp3) is 0.154. The van der Waals surface area contributed by atoms with E-state index in [0.717, 1.165) is 11.1 Å². The highest BCUT2D eigenvalue weighted by Gasteiger charge is 2.14. The highest BCUT2D eigenvalue weighted by molar-refractivity contribution is 5.66. The van der Waals surface area contributed by atoms with E-state index in [-0.39, 0.29) is 10.6 Å². The molecule has 0 bridgehead atoms. The maximum atomic E-state index is 10.9. The number of nitrogens with zero attached hydrogens (tertiary/aromatic N) is 2. The summed E-state index contributed by atoms with van der Waals surface area (Å²) >= 11 is 0. The minimum atomic E-state index is -0.376. The summed E-state index contributed by atoms with van der Waals surface area (Å²) in [5, 5.41) is 14.0. The third kappa shape index (κ3) is 2.63. The number of aryl methyl sites for hydroxylation is 1. The summed E-state index contributed by atoms with van der Waals surface area (Å²) in [5.74, 6) is 0. The minimum Gasteiger partial charge on any atom is -0.375 e. The predicted molar refractivity (Wildman–Crippen MR) is 69.4 cm³/mol. The molecule has 18 heavy (non-hydrogen) atoms. The maximum Gasteiger partial charge on any atom is 0.292 e. The zero-order valence-corrected chi connectivity index (χ0v) is 9.96. The molecule has 0 fully saturated rings. The van der Waals surface area contributed by atoms with Crippen LogP contribution in [-0.4, -0.2) is 9.91 Å². The Morgan fingerprint density at radius 1 is 1.33 bits per heavy atom. The monoisotopic (exact) mass is 243 g/mol. The fourth-order valence-corrected chi connectivity index (χ4v) is 1.73. The van der Waals surface area contributed by atoms with Crippen LogP contribution in [0.4, 0.5) is 11.4 Å². The van der Waals surface area contributed by atoms with E-state index in [0.29, 0.717) is 12.2 Å². The summed E-state index contributed by atoms with van der Waals surface area (Å²) in [6.45, 7) is 2.36. The van der Waals surface area contributed by atoms with E-state index in [1.165, 1.54) is 6.07 Å². The van der Waals surface area contributed by atoms with Crippen molar-refractivity contribution in [3.05, 3.63) is 64.0 Å². The lowest BCUT2D eigenvalue weighted by atomic mass is 10.1. The fourth-order valence-electron chi connectivity index (χ4n) is 1.73. The van der Waals surface area contributed by atoms with Gasteiger partial charge in [-0.05, 0) is 24.1 Å². The number of rotatable bonds is 4. The molecule has 0 unspecified atom stereocenters. The number of hydrogen-bond acceptors (Lipinski definition) is 4. The third-order valence-electron chi connectivity index (χ3n) is 2.64. The van der Waals surface area contributed by atoms with Crippen LogP contribution in [0.3, 0.4) is 0 Å². The van der Waals surface area contributed by atoms with Crippen molar-refractivity contribution in [2.45, 2.75) is 13.5 Å². The molecule has 0 radical (unpaired) electrons. The van der Waals surface area contributed by atoms with Crippen molar-refractivity contribution in [3.8, 4) is 0 Å². The Morgan fingerprint density at radius 2 is 2.17 bits per heavy atom. The molecule has 0 amide bonds. The van der Waals surface area contributed by atoms with Gasteiger partial charge in [-0.15, -0.1) is 0 Å². The first kappa shape index (κ1) is 12.0. The van der Waals surface area contributed by atoms with Crippen molar-refractivity contribution in [2.75, 3.05) is 5.32 Å². The van der Waals surface area contributed by atoms with Crippen LogP contribution in [0.1, 0.15) is 11.1 Å². The molecule has 2 rings (SSSR count). The molecule has 92 valence electrons. The minimum absolute atomic E-state index is 0.0962. The van der Waals surface area contributed by atoms with Crippen molar-refractivity contribution >= 4 is 11.4 Å². The van der Waals surface area contributed by atoms with Crippen molar-refractivity contribution < 1.29 is 4.92 Å². The number of hydrogen-bond donors (Lipinski definition) is 1. The van der Waals surface area contributed by atoms with E-state index in [1.54, 1.807) is 18.5 Å². The Hall–Kier alpha value is -2.43. The highest BCUT2D eigenvalue weighted by Crippen LogP contribution is 2.27. The molecular formula is C13H13N3O2. The van der Waals surface area contributed by atoms with Crippen LogP contribution in [0.15, 0.2) is 42.7 Å². The summed E-state index contributed by atoms with van der Waals surface area (Å²) in [6, 6.07) is 8.78. The third-order valence-corrected chi connectivity index (χ3v) is 2.64. The van der Waals surface area contributed by atoms with Crippen molar-refractivity contribution in [3.63, 3.8) is 0 Å². The van der Waals surface area contributed by atoms with Crippen LogP contribution in [0.5, 0.6) is 0 Å². The summed E-state index contributed by atoms with van der Waals surface area (Å²) in [4.78, 5) is 14.6. The van der Waals surface area contributed by atoms with Gasteiger partial charge in [0.25, 0.3) is 5.69 Å². The molecule has 1 aromatic carbocycles. The Balaban J connectivity index is 2.21. The van der Waals surface area contributed by atoms with Crippen LogP contribution in [0.25, 0.3) is 0 Å². The first-order valence-electron chi connectivity index (χ1n) is 5.55. The van der Waals surface area contributed by atoms with E-state index in [2.05, 4.69) is 10.3 Å². The molecular weight excluding hydrogens is 230 g/mol. The molecule has 0 aliphatic carbocycles. The van der Waals surface area contributed by atoms with Crippen molar-refractivity contribution in [2.24, 2.45) is 0 Å². The highest BCUT2D eigenvalue weighted by atomic mass is 16.6. The lowest BCUT2D eigenvalue weighted by Crippen LogP contribution is -2.04. The van der Waals surface area contributed by atoms with Gasteiger partial charge >= 0.3 is 0 Å². The van der Waals surface area contributed by atoms with E-state index in [9.17, 15) is 10.1 Å². The standard InChI is InChI=1S/C13H13N3O2/c1-10-4-2-6-12(16(17)18)13(10)15-9-11-5-3-7-14-8-11/h2-8,15H,9H2,1H3. The second kappa shape index (κ2) is 5.27. The van der Waals surface area contributed by atoms with E-state index in [4.69, 9.17) is 0 Å². The van der Waals surface area contributed by atoms with Gasteiger partial charge in [0.15, 0.2) is 0 Å². The molecule has 0 saturated carbocycles. The molecule has 1 aromatic heterocycles. The molecule has 0 aliphatic rings. The molecule has 5 nitrogen and oxygen atoms in total. The number of nitro benzene ring substituents is 1. The second-order valence-electron chi connectivity index (χ2n) is 3.94.